The number of carbonyl (C=O) groups is 1. The molecule has 1 amide bonds. The first-order chi connectivity index (χ1) is 24.4. The molecule has 0 aliphatic carbocycles. The second kappa shape index (κ2) is 19.9. The molecule has 52 heavy (non-hydrogen) atoms. The predicted octanol–water partition coefficient (Wildman–Crippen LogP) is 5.56. The molecule has 0 saturated heterocycles. The second-order valence-corrected chi connectivity index (χ2v) is 14.7. The maximum atomic E-state index is 13.4. The van der Waals surface area contributed by atoms with Gasteiger partial charge in [0.05, 0.1) is 37.4 Å². The van der Waals surface area contributed by atoms with Crippen LogP contribution in [0.25, 0.3) is 10.9 Å². The normalized spacial score (nSPS) is 13.0. The number of aromatic amines is 1. The average Bonchev–Trinajstić information content (AvgIpc) is 3.47. The van der Waals surface area contributed by atoms with E-state index in [2.05, 4.69) is 40.2 Å². The molecule has 1 atom stereocenters. The summed E-state index contributed by atoms with van der Waals surface area (Å²) in [4.78, 5) is 48.8. The number of fused-ring (bicyclic) bond motifs is 1. The first-order valence-electron chi connectivity index (χ1n) is 16.3. The van der Waals surface area contributed by atoms with E-state index in [-0.39, 0.29) is 25.5 Å². The zero-order valence-electron chi connectivity index (χ0n) is 29.6. The van der Waals surface area contributed by atoms with Crippen LogP contribution in [0.5, 0.6) is 5.75 Å². The number of nitrogens with one attached hydrogen (secondary N) is 3. The fraction of sp³-hybridized carbons (Fsp3) is 0.438. The number of benzene rings is 2. The molecule has 2 aromatic heterocycles. The van der Waals surface area contributed by atoms with E-state index in [1.54, 1.807) is 32.9 Å². The number of H-pyrrole nitrogens is 1. The number of phosphoric ester groups is 2. The number of phosphoric acid groups is 2. The summed E-state index contributed by atoms with van der Waals surface area (Å²) in [6.45, 7) is 11.1. The average molecular weight is 770 g/mol. The molecule has 4 aromatic rings. The number of rotatable bonds is 18. The Morgan fingerprint density at radius 3 is 2.42 bits per heavy atom. The van der Waals surface area contributed by atoms with Gasteiger partial charge < -0.3 is 35.0 Å². The highest BCUT2D eigenvalue weighted by molar-refractivity contribution is 7.47. The Balaban J connectivity index is 0.000000944. The van der Waals surface area contributed by atoms with Crippen molar-refractivity contribution in [1.29, 1.82) is 0 Å². The largest absolute Gasteiger partial charge is 0.493 e. The van der Waals surface area contributed by atoms with Crippen molar-refractivity contribution in [3.05, 3.63) is 66.4 Å². The van der Waals surface area contributed by atoms with Gasteiger partial charge in [-0.1, -0.05) is 13.0 Å². The van der Waals surface area contributed by atoms with Crippen molar-refractivity contribution >= 4 is 49.8 Å². The van der Waals surface area contributed by atoms with E-state index in [4.69, 9.17) is 23.6 Å². The minimum atomic E-state index is -4.17. The van der Waals surface area contributed by atoms with Crippen LogP contribution in [-0.2, 0) is 33.9 Å². The van der Waals surface area contributed by atoms with Gasteiger partial charge in [-0.15, -0.1) is 0 Å². The van der Waals surface area contributed by atoms with Crippen molar-refractivity contribution in [3.8, 4) is 5.75 Å². The summed E-state index contributed by atoms with van der Waals surface area (Å²) in [6, 6.07) is 12.9. The lowest BCUT2D eigenvalue weighted by Gasteiger charge is -2.24. The number of hydrogen-bond donors (Lipinski definition) is 6. The summed E-state index contributed by atoms with van der Waals surface area (Å²) in [5.74, 6) is 0.922. The Labute approximate surface area is 301 Å². The lowest BCUT2D eigenvalue weighted by molar-refractivity contribution is -0.115. The Hall–Kier alpha value is -3.83. The van der Waals surface area contributed by atoms with Crippen LogP contribution in [0.1, 0.15) is 46.7 Å². The van der Waals surface area contributed by atoms with Gasteiger partial charge in [-0.3, -0.25) is 23.5 Å². The molecule has 17 nitrogen and oxygen atoms in total. The topological polar surface area (TPSA) is 231 Å². The molecule has 0 fully saturated rings. The first kappa shape index (κ1) is 42.6. The van der Waals surface area contributed by atoms with Gasteiger partial charge in [-0.2, -0.15) is 5.10 Å². The van der Waals surface area contributed by atoms with Crippen molar-refractivity contribution in [2.75, 3.05) is 50.1 Å². The third-order valence-corrected chi connectivity index (χ3v) is 8.51. The lowest BCUT2D eigenvalue weighted by atomic mass is 10.2. The molecule has 0 radical (unpaired) electrons. The first-order valence-corrected chi connectivity index (χ1v) is 19.3. The molecule has 2 aromatic carbocycles. The number of amides is 1. The minimum absolute atomic E-state index is 0.0252. The molecule has 0 aliphatic rings. The summed E-state index contributed by atoms with van der Waals surface area (Å²) in [5, 5.41) is 13.6. The van der Waals surface area contributed by atoms with Crippen molar-refractivity contribution in [3.63, 3.8) is 0 Å². The van der Waals surface area contributed by atoms with Crippen LogP contribution in [0.4, 0.5) is 21.7 Å². The Morgan fingerprint density at radius 1 is 1.00 bits per heavy atom. The summed E-state index contributed by atoms with van der Waals surface area (Å²) < 4.78 is 55.2. The van der Waals surface area contributed by atoms with Gasteiger partial charge in [0.2, 0.25) is 5.91 Å². The van der Waals surface area contributed by atoms with Crippen LogP contribution in [0.3, 0.4) is 0 Å². The minimum Gasteiger partial charge on any atom is -0.493 e. The van der Waals surface area contributed by atoms with Crippen molar-refractivity contribution < 1.29 is 51.3 Å². The van der Waals surface area contributed by atoms with E-state index in [9.17, 15) is 23.2 Å². The molecular weight excluding hydrogens is 723 g/mol. The molecule has 0 aliphatic heterocycles. The van der Waals surface area contributed by atoms with E-state index in [0.29, 0.717) is 47.4 Å². The zero-order chi connectivity index (χ0) is 38.4. The second-order valence-electron chi connectivity index (χ2n) is 12.1. The summed E-state index contributed by atoms with van der Waals surface area (Å²) >= 11 is 0. The van der Waals surface area contributed by atoms with Crippen molar-refractivity contribution in [2.45, 2.75) is 53.1 Å². The van der Waals surface area contributed by atoms with Crippen LogP contribution in [-0.4, -0.2) is 90.7 Å². The van der Waals surface area contributed by atoms with Crippen molar-refractivity contribution in [2.24, 2.45) is 0 Å². The number of likely N-dealkylation sites (N-methyl/N-ethyl adjacent to an activating group) is 1. The molecule has 6 N–H and O–H groups in total. The Morgan fingerprint density at radius 2 is 1.77 bits per heavy atom. The molecule has 0 bridgehead atoms. The van der Waals surface area contributed by atoms with E-state index in [1.807, 2.05) is 25.1 Å². The zero-order valence-corrected chi connectivity index (χ0v) is 31.4. The van der Waals surface area contributed by atoms with E-state index >= 15 is 0 Å². The quantitative estimate of drug-likeness (QED) is 0.0538. The van der Waals surface area contributed by atoms with Crippen molar-refractivity contribution in [1.82, 2.24) is 25.1 Å². The van der Waals surface area contributed by atoms with E-state index < -0.39 is 27.1 Å². The van der Waals surface area contributed by atoms with Gasteiger partial charge in [0.15, 0.2) is 5.82 Å². The molecule has 1 unspecified atom stereocenters. The summed E-state index contributed by atoms with van der Waals surface area (Å²) in [7, 11) is -8.27. The smallest absolute Gasteiger partial charge is 0.472 e. The Bertz CT molecular complexity index is 1840. The number of anilines is 3. The monoisotopic (exact) mass is 769 g/mol. The van der Waals surface area contributed by atoms with Gasteiger partial charge in [0.25, 0.3) is 0 Å². The van der Waals surface area contributed by atoms with Gasteiger partial charge in [0.1, 0.15) is 23.7 Å². The number of halogens is 1. The van der Waals surface area contributed by atoms with Crippen LogP contribution in [0.2, 0.25) is 0 Å². The molecule has 4 rings (SSSR count). The van der Waals surface area contributed by atoms with Crippen LogP contribution in [0.15, 0.2) is 54.9 Å². The van der Waals surface area contributed by atoms with Gasteiger partial charge >= 0.3 is 15.6 Å². The van der Waals surface area contributed by atoms with E-state index in [1.165, 1.54) is 31.5 Å². The number of nitrogens with zero attached hydrogens (tertiary/aromatic N) is 4. The number of aromatic nitrogens is 4. The Kier molecular flexibility index (Phi) is 16.3. The standard InChI is InChI=1S/C30H39FN7O6P.C2H7O4P/c1-5-38(13-15-43-45(40,41)44-30(2,3)4)12-7-14-42-24-10-11-25-26(19-24)32-20-33-29(25)35-27-17-23(36-37-27)18-28(39)34-22-9-6-8-21(31)16-22;1-2-6-7(3,4)5/h6,8-11,16-17,19-20H,5,7,12-15,18H2,1-4H3,(H,34,39)(H,40,41)(H2,32,33,35,36,37);2H2,1H3,(H2,3,4,5). The molecule has 286 valence electrons. The summed E-state index contributed by atoms with van der Waals surface area (Å²) in [5.41, 5.74) is 0.838. The maximum absolute atomic E-state index is 13.4. The highest BCUT2D eigenvalue weighted by Gasteiger charge is 2.28. The fourth-order valence-corrected chi connectivity index (χ4v) is 5.93. The fourth-order valence-electron chi connectivity index (χ4n) is 4.54. The lowest BCUT2D eigenvalue weighted by Crippen LogP contribution is -2.29. The van der Waals surface area contributed by atoms with Gasteiger partial charge in [-0.05, 0) is 71.0 Å². The number of hydrogen-bond acceptors (Lipinski definition) is 12. The van der Waals surface area contributed by atoms with Gasteiger partial charge in [-0.25, -0.2) is 23.5 Å². The molecule has 20 heteroatoms. The van der Waals surface area contributed by atoms with Crippen LogP contribution >= 0.6 is 15.6 Å². The third kappa shape index (κ3) is 16.2. The maximum Gasteiger partial charge on any atom is 0.472 e. The van der Waals surface area contributed by atoms with Crippen LogP contribution in [0, 0.1) is 5.82 Å². The molecular formula is C32H46FN7O10P2. The predicted molar refractivity (Wildman–Crippen MR) is 193 cm³/mol. The highest BCUT2D eigenvalue weighted by Crippen LogP contribution is 2.47. The molecule has 2 heterocycles. The third-order valence-electron chi connectivity index (χ3n) is 6.63. The molecule has 0 spiro atoms. The number of ether oxygens (including phenoxy) is 1. The van der Waals surface area contributed by atoms with Gasteiger partial charge in [0, 0.05) is 42.0 Å². The van der Waals surface area contributed by atoms with E-state index in [0.717, 1.165) is 24.9 Å². The summed E-state index contributed by atoms with van der Waals surface area (Å²) in [6.07, 6.45) is 2.20. The number of carbonyl (C=O) groups excluding carboxylic acids is 1. The SMILES string of the molecule is CCN(CCCOc1ccc2c(Nc3cc(CC(=O)Nc4cccc(F)c4)[nH]n3)ncnc2c1)CCOP(=O)(O)OC(C)(C)C.CCOP(=O)(O)O. The highest BCUT2D eigenvalue weighted by atomic mass is 31.2. The molecule has 0 saturated carbocycles. The van der Waals surface area contributed by atoms with Crippen LogP contribution < -0.4 is 15.4 Å².